The van der Waals surface area contributed by atoms with Gasteiger partial charge in [-0.2, -0.15) is 5.26 Å². The number of hydrogen-bond acceptors (Lipinski definition) is 3. The second kappa shape index (κ2) is 5.75. The lowest BCUT2D eigenvalue weighted by molar-refractivity contribution is -0.137. The molecule has 0 amide bonds. The van der Waals surface area contributed by atoms with Crippen LogP contribution in [0.25, 0.3) is 0 Å². The van der Waals surface area contributed by atoms with E-state index < -0.39 is 5.97 Å². The number of nitriles is 1. The molecule has 0 bridgehead atoms. The molecule has 1 atom stereocenters. The number of rotatable bonds is 3. The van der Waals surface area contributed by atoms with Crippen molar-refractivity contribution in [3.8, 4) is 6.07 Å². The topological polar surface area (TPSA) is 64.3 Å². The molecule has 0 radical (unpaired) electrons. The van der Waals surface area contributed by atoms with Gasteiger partial charge in [0.25, 0.3) is 0 Å². The van der Waals surface area contributed by atoms with E-state index in [2.05, 4.69) is 11.0 Å². The van der Waals surface area contributed by atoms with E-state index in [1.54, 1.807) is 6.07 Å². The van der Waals surface area contributed by atoms with Crippen LogP contribution >= 0.6 is 0 Å². The van der Waals surface area contributed by atoms with E-state index in [4.69, 9.17) is 5.11 Å². The van der Waals surface area contributed by atoms with Gasteiger partial charge in [-0.25, -0.2) is 0 Å². The average Bonchev–Trinajstić information content (AvgIpc) is 2.39. The lowest BCUT2D eigenvalue weighted by Gasteiger charge is -2.38. The van der Waals surface area contributed by atoms with Crippen molar-refractivity contribution in [3.05, 3.63) is 29.3 Å². The van der Waals surface area contributed by atoms with Gasteiger partial charge in [-0.15, -0.1) is 0 Å². The molecule has 0 saturated carbocycles. The maximum absolute atomic E-state index is 11.0. The second-order valence-electron chi connectivity index (χ2n) is 5.02. The van der Waals surface area contributed by atoms with Crippen molar-refractivity contribution >= 4 is 11.7 Å². The van der Waals surface area contributed by atoms with Gasteiger partial charge >= 0.3 is 5.97 Å². The summed E-state index contributed by atoms with van der Waals surface area (Å²) in [5.74, 6) is -0.774. The van der Waals surface area contributed by atoms with Crippen LogP contribution in [0.5, 0.6) is 0 Å². The van der Waals surface area contributed by atoms with Crippen molar-refractivity contribution < 1.29 is 9.90 Å². The van der Waals surface area contributed by atoms with Crippen LogP contribution in [0.1, 0.15) is 36.8 Å². The van der Waals surface area contributed by atoms with Crippen molar-refractivity contribution in [2.24, 2.45) is 0 Å². The van der Waals surface area contributed by atoms with E-state index in [0.29, 0.717) is 5.56 Å². The third-order valence-corrected chi connectivity index (χ3v) is 3.68. The zero-order valence-electron chi connectivity index (χ0n) is 11.1. The Kier molecular flexibility index (Phi) is 4.06. The van der Waals surface area contributed by atoms with Gasteiger partial charge in [0.2, 0.25) is 0 Å². The van der Waals surface area contributed by atoms with E-state index in [1.807, 2.05) is 19.1 Å². The predicted molar refractivity (Wildman–Crippen MR) is 73.1 cm³/mol. The fraction of sp³-hybridized carbons (Fsp3) is 0.467. The normalized spacial score (nSPS) is 18.9. The standard InChI is InChI=1S/C15H18N2O2/c1-11-5-4-6-12(10-16)15(11)17-8-3-2-7-13(17)9-14(18)19/h4-6,13H,2-3,7-9H2,1H3,(H,18,19). The van der Waals surface area contributed by atoms with Crippen LogP contribution in [-0.4, -0.2) is 23.7 Å². The minimum atomic E-state index is -0.774. The molecule has 4 nitrogen and oxygen atoms in total. The highest BCUT2D eigenvalue weighted by Crippen LogP contribution is 2.31. The maximum atomic E-state index is 11.0. The third-order valence-electron chi connectivity index (χ3n) is 3.68. The molecule has 1 unspecified atom stereocenters. The van der Waals surface area contributed by atoms with Crippen molar-refractivity contribution in [1.29, 1.82) is 5.26 Å². The van der Waals surface area contributed by atoms with Gasteiger partial charge in [-0.3, -0.25) is 4.79 Å². The Balaban J connectivity index is 2.37. The van der Waals surface area contributed by atoms with Crippen molar-refractivity contribution in [2.45, 2.75) is 38.6 Å². The van der Waals surface area contributed by atoms with Gasteiger partial charge in [0, 0.05) is 12.6 Å². The number of aliphatic carboxylic acids is 1. The number of anilines is 1. The molecule has 1 N–H and O–H groups in total. The molecule has 1 aliphatic heterocycles. The minimum Gasteiger partial charge on any atom is -0.481 e. The maximum Gasteiger partial charge on any atom is 0.305 e. The van der Waals surface area contributed by atoms with Gasteiger partial charge in [-0.05, 0) is 37.8 Å². The number of carboxylic acid groups (broad SMARTS) is 1. The lowest BCUT2D eigenvalue weighted by atomic mass is 9.96. The molecule has 100 valence electrons. The van der Waals surface area contributed by atoms with Crippen LogP contribution in [0.3, 0.4) is 0 Å². The van der Waals surface area contributed by atoms with E-state index >= 15 is 0 Å². The van der Waals surface area contributed by atoms with E-state index in [-0.39, 0.29) is 12.5 Å². The molecule has 1 saturated heterocycles. The largest absolute Gasteiger partial charge is 0.481 e. The molecule has 1 aliphatic rings. The molecule has 4 heteroatoms. The van der Waals surface area contributed by atoms with E-state index in [9.17, 15) is 10.1 Å². The summed E-state index contributed by atoms with van der Waals surface area (Å²) in [4.78, 5) is 13.1. The number of nitrogens with zero attached hydrogens (tertiary/aromatic N) is 2. The molecule has 0 aliphatic carbocycles. The highest BCUT2D eigenvalue weighted by molar-refractivity contribution is 5.70. The van der Waals surface area contributed by atoms with Crippen molar-refractivity contribution in [2.75, 3.05) is 11.4 Å². The van der Waals surface area contributed by atoms with Crippen LogP contribution in [-0.2, 0) is 4.79 Å². The number of carboxylic acids is 1. The van der Waals surface area contributed by atoms with Crippen LogP contribution in [0.4, 0.5) is 5.69 Å². The fourth-order valence-electron chi connectivity index (χ4n) is 2.84. The molecule has 2 rings (SSSR count). The smallest absolute Gasteiger partial charge is 0.305 e. The van der Waals surface area contributed by atoms with Gasteiger partial charge in [-0.1, -0.05) is 12.1 Å². The molecule has 1 aromatic carbocycles. The number of hydrogen-bond donors (Lipinski definition) is 1. The third kappa shape index (κ3) is 2.87. The summed E-state index contributed by atoms with van der Waals surface area (Å²) >= 11 is 0. The zero-order chi connectivity index (χ0) is 13.8. The number of aryl methyl sites for hydroxylation is 1. The number of benzene rings is 1. The zero-order valence-corrected chi connectivity index (χ0v) is 11.1. The molecule has 1 fully saturated rings. The number of para-hydroxylation sites is 1. The Morgan fingerprint density at radius 1 is 1.53 bits per heavy atom. The summed E-state index contributed by atoms with van der Waals surface area (Å²) in [6, 6.07) is 7.86. The Morgan fingerprint density at radius 2 is 2.32 bits per heavy atom. The summed E-state index contributed by atoms with van der Waals surface area (Å²) in [6.45, 7) is 2.81. The molecule has 1 aromatic rings. The van der Waals surface area contributed by atoms with Crippen molar-refractivity contribution in [3.63, 3.8) is 0 Å². The number of piperidine rings is 1. The van der Waals surface area contributed by atoms with Crippen LogP contribution in [0, 0.1) is 18.3 Å². The molecular formula is C15H18N2O2. The first-order chi connectivity index (χ1) is 9.13. The van der Waals surface area contributed by atoms with Gasteiger partial charge in [0.15, 0.2) is 0 Å². The van der Waals surface area contributed by atoms with E-state index in [1.165, 1.54) is 0 Å². The molecule has 19 heavy (non-hydrogen) atoms. The van der Waals surface area contributed by atoms with Gasteiger partial charge < -0.3 is 10.0 Å². The summed E-state index contributed by atoms with van der Waals surface area (Å²) in [5.41, 5.74) is 2.59. The predicted octanol–water partition coefficient (Wildman–Crippen LogP) is 2.70. The monoisotopic (exact) mass is 258 g/mol. The molecule has 1 heterocycles. The van der Waals surface area contributed by atoms with E-state index in [0.717, 1.165) is 37.1 Å². The Morgan fingerprint density at radius 3 is 3.00 bits per heavy atom. The first kappa shape index (κ1) is 13.4. The first-order valence-corrected chi connectivity index (χ1v) is 6.61. The summed E-state index contributed by atoms with van der Waals surface area (Å²) in [7, 11) is 0. The highest BCUT2D eigenvalue weighted by Gasteiger charge is 2.27. The minimum absolute atomic E-state index is 0.000509. The molecule has 0 spiro atoms. The quantitative estimate of drug-likeness (QED) is 0.905. The van der Waals surface area contributed by atoms with Crippen LogP contribution < -0.4 is 4.90 Å². The van der Waals surface area contributed by atoms with Crippen molar-refractivity contribution in [1.82, 2.24) is 0 Å². The Hall–Kier alpha value is -2.02. The second-order valence-corrected chi connectivity index (χ2v) is 5.02. The molecule has 0 aromatic heterocycles. The summed E-state index contributed by atoms with van der Waals surface area (Å²) in [6.07, 6.45) is 3.13. The first-order valence-electron chi connectivity index (χ1n) is 6.61. The average molecular weight is 258 g/mol. The van der Waals surface area contributed by atoms with Gasteiger partial charge in [0.1, 0.15) is 6.07 Å². The fourth-order valence-corrected chi connectivity index (χ4v) is 2.84. The van der Waals surface area contributed by atoms with Crippen LogP contribution in [0.2, 0.25) is 0 Å². The number of carbonyl (C=O) groups is 1. The summed E-state index contributed by atoms with van der Waals surface area (Å²) in [5, 5.41) is 18.3. The Labute approximate surface area is 113 Å². The van der Waals surface area contributed by atoms with Gasteiger partial charge in [0.05, 0.1) is 17.7 Å². The Bertz CT molecular complexity index is 519. The molecular weight excluding hydrogens is 240 g/mol. The van der Waals surface area contributed by atoms with Crippen LogP contribution in [0.15, 0.2) is 18.2 Å². The highest BCUT2D eigenvalue weighted by atomic mass is 16.4. The summed E-state index contributed by atoms with van der Waals surface area (Å²) < 4.78 is 0. The SMILES string of the molecule is Cc1cccc(C#N)c1N1CCCCC1CC(=O)O. The lowest BCUT2D eigenvalue weighted by Crippen LogP contribution is -2.41.